The number of pyridine rings is 1. The Morgan fingerprint density at radius 1 is 1.15 bits per heavy atom. The van der Waals surface area contributed by atoms with Crippen molar-refractivity contribution >= 4 is 0 Å². The summed E-state index contributed by atoms with van der Waals surface area (Å²) in [5, 5.41) is 0. The third-order valence-corrected chi connectivity index (χ3v) is 4.57. The number of hydrogen-bond donors (Lipinski definition) is 1. The molecule has 1 aromatic heterocycles. The van der Waals surface area contributed by atoms with Crippen molar-refractivity contribution in [3.05, 3.63) is 59.4 Å². The fourth-order valence-corrected chi connectivity index (χ4v) is 3.50. The highest BCUT2D eigenvalue weighted by molar-refractivity contribution is 5.38. The first kappa shape index (κ1) is 11.9. The van der Waals surface area contributed by atoms with E-state index < -0.39 is 0 Å². The normalized spacial score (nSPS) is 24.9. The highest BCUT2D eigenvalue weighted by atomic mass is 16.5. The van der Waals surface area contributed by atoms with Crippen LogP contribution >= 0.6 is 0 Å². The average Bonchev–Trinajstić information content (AvgIpc) is 3.10. The van der Waals surface area contributed by atoms with Crippen molar-refractivity contribution in [1.29, 1.82) is 0 Å². The van der Waals surface area contributed by atoms with Gasteiger partial charge in [0.2, 0.25) is 0 Å². The zero-order chi connectivity index (χ0) is 13.5. The summed E-state index contributed by atoms with van der Waals surface area (Å²) in [7, 11) is 0. The molecule has 2 aromatic rings. The third kappa shape index (κ3) is 1.81. The lowest BCUT2D eigenvalue weighted by atomic mass is 9.91. The van der Waals surface area contributed by atoms with Crippen molar-refractivity contribution in [3.8, 4) is 5.75 Å². The minimum atomic E-state index is 0.0125. The second-order valence-corrected chi connectivity index (χ2v) is 5.74. The number of fused-ring (bicyclic) bond motifs is 2. The van der Waals surface area contributed by atoms with Gasteiger partial charge >= 0.3 is 0 Å². The van der Waals surface area contributed by atoms with Gasteiger partial charge in [0.25, 0.3) is 0 Å². The molecule has 2 N–H and O–H groups in total. The summed E-state index contributed by atoms with van der Waals surface area (Å²) in [6.45, 7) is 0. The summed E-state index contributed by atoms with van der Waals surface area (Å²) >= 11 is 0. The molecule has 0 saturated heterocycles. The van der Waals surface area contributed by atoms with Gasteiger partial charge in [-0.1, -0.05) is 24.3 Å². The van der Waals surface area contributed by atoms with Crippen LogP contribution in [0.15, 0.2) is 42.6 Å². The second kappa shape index (κ2) is 4.60. The molecule has 0 bridgehead atoms. The standard InChI is InChI=1S/C17H18N2O/c18-16(13-8-7-11-5-3-9-19-17(11)13)15-10-12-4-1-2-6-14(12)20-15/h1-6,9,13,15-16H,7-8,10,18H2. The van der Waals surface area contributed by atoms with Crippen LogP contribution in [0.4, 0.5) is 0 Å². The van der Waals surface area contributed by atoms with Crippen LogP contribution in [0.1, 0.15) is 29.2 Å². The fraction of sp³-hybridized carbons (Fsp3) is 0.353. The molecule has 3 unspecified atom stereocenters. The van der Waals surface area contributed by atoms with Crippen molar-refractivity contribution < 1.29 is 4.74 Å². The Kier molecular flexibility index (Phi) is 2.74. The molecule has 2 aliphatic rings. The maximum Gasteiger partial charge on any atom is 0.123 e. The third-order valence-electron chi connectivity index (χ3n) is 4.57. The van der Waals surface area contributed by atoms with Crippen molar-refractivity contribution in [2.24, 2.45) is 5.73 Å². The lowest BCUT2D eigenvalue weighted by Crippen LogP contribution is -2.42. The molecule has 0 spiro atoms. The quantitative estimate of drug-likeness (QED) is 0.908. The average molecular weight is 266 g/mol. The number of nitrogens with two attached hydrogens (primary N) is 1. The Balaban J connectivity index is 1.57. The van der Waals surface area contributed by atoms with Crippen LogP contribution in [0.5, 0.6) is 5.75 Å². The van der Waals surface area contributed by atoms with Crippen molar-refractivity contribution in [1.82, 2.24) is 4.98 Å². The van der Waals surface area contributed by atoms with Gasteiger partial charge in [-0.2, -0.15) is 0 Å². The first-order chi connectivity index (χ1) is 9.83. The monoisotopic (exact) mass is 266 g/mol. The van der Waals surface area contributed by atoms with Crippen LogP contribution < -0.4 is 10.5 Å². The summed E-state index contributed by atoms with van der Waals surface area (Å²) in [6, 6.07) is 12.4. The van der Waals surface area contributed by atoms with Gasteiger partial charge in [0.1, 0.15) is 11.9 Å². The van der Waals surface area contributed by atoms with E-state index in [1.807, 2.05) is 24.4 Å². The number of para-hydroxylation sites is 1. The van der Waals surface area contributed by atoms with Gasteiger partial charge in [-0.25, -0.2) is 0 Å². The smallest absolute Gasteiger partial charge is 0.123 e. The molecular weight excluding hydrogens is 248 g/mol. The molecule has 20 heavy (non-hydrogen) atoms. The van der Waals surface area contributed by atoms with Gasteiger partial charge in [-0.3, -0.25) is 4.98 Å². The number of rotatable bonds is 2. The maximum absolute atomic E-state index is 6.51. The first-order valence-corrected chi connectivity index (χ1v) is 7.27. The lowest BCUT2D eigenvalue weighted by molar-refractivity contribution is 0.182. The number of aromatic nitrogens is 1. The largest absolute Gasteiger partial charge is 0.488 e. The molecule has 0 saturated carbocycles. The summed E-state index contributed by atoms with van der Waals surface area (Å²) in [5.74, 6) is 1.32. The van der Waals surface area contributed by atoms with E-state index in [-0.39, 0.29) is 12.1 Å². The molecule has 1 aliphatic heterocycles. The zero-order valence-electron chi connectivity index (χ0n) is 11.3. The molecule has 4 rings (SSSR count). The summed E-state index contributed by atoms with van der Waals surface area (Å²) in [6.07, 6.45) is 5.03. The van der Waals surface area contributed by atoms with Gasteiger partial charge in [-0.15, -0.1) is 0 Å². The predicted molar refractivity (Wildman–Crippen MR) is 77.8 cm³/mol. The van der Waals surface area contributed by atoms with E-state index in [2.05, 4.69) is 23.2 Å². The lowest BCUT2D eigenvalue weighted by Gasteiger charge is -2.25. The molecular formula is C17H18N2O. The molecule has 3 nitrogen and oxygen atoms in total. The minimum absolute atomic E-state index is 0.0125. The molecule has 2 heterocycles. The number of hydrogen-bond acceptors (Lipinski definition) is 3. The van der Waals surface area contributed by atoms with Crippen molar-refractivity contribution in [2.45, 2.75) is 37.3 Å². The van der Waals surface area contributed by atoms with Crippen LogP contribution in [-0.2, 0) is 12.8 Å². The number of ether oxygens (including phenoxy) is 1. The molecule has 1 aliphatic carbocycles. The molecule has 1 aromatic carbocycles. The van der Waals surface area contributed by atoms with E-state index in [4.69, 9.17) is 10.5 Å². The van der Waals surface area contributed by atoms with Gasteiger partial charge in [-0.05, 0) is 36.1 Å². The fourth-order valence-electron chi connectivity index (χ4n) is 3.50. The Morgan fingerprint density at radius 2 is 2.00 bits per heavy atom. The Bertz CT molecular complexity index is 615. The van der Waals surface area contributed by atoms with Crippen LogP contribution in [0.3, 0.4) is 0 Å². The molecule has 3 heteroatoms. The van der Waals surface area contributed by atoms with Gasteiger partial charge in [0, 0.05) is 24.2 Å². The molecule has 3 atom stereocenters. The topological polar surface area (TPSA) is 48.1 Å². The number of aryl methyl sites for hydroxylation is 1. The predicted octanol–water partition coefficient (Wildman–Crippen LogP) is 2.44. The summed E-state index contributed by atoms with van der Waals surface area (Å²) < 4.78 is 6.04. The number of nitrogens with zero attached hydrogens (tertiary/aromatic N) is 1. The highest BCUT2D eigenvalue weighted by Gasteiger charge is 2.37. The Hall–Kier alpha value is -1.87. The van der Waals surface area contributed by atoms with Crippen LogP contribution in [0.2, 0.25) is 0 Å². The van der Waals surface area contributed by atoms with Gasteiger partial charge < -0.3 is 10.5 Å². The maximum atomic E-state index is 6.51. The first-order valence-electron chi connectivity index (χ1n) is 7.27. The summed E-state index contributed by atoms with van der Waals surface area (Å²) in [4.78, 5) is 4.55. The van der Waals surface area contributed by atoms with E-state index in [9.17, 15) is 0 Å². The SMILES string of the molecule is NC(C1Cc2ccccc2O1)C1CCc2cccnc21. The number of benzene rings is 1. The molecule has 102 valence electrons. The summed E-state index contributed by atoms with van der Waals surface area (Å²) in [5.41, 5.74) is 10.3. The van der Waals surface area contributed by atoms with E-state index in [0.717, 1.165) is 25.0 Å². The van der Waals surface area contributed by atoms with Crippen LogP contribution in [0.25, 0.3) is 0 Å². The van der Waals surface area contributed by atoms with E-state index in [1.54, 1.807) is 0 Å². The van der Waals surface area contributed by atoms with Gasteiger partial charge in [0.05, 0.1) is 6.04 Å². The van der Waals surface area contributed by atoms with Crippen LogP contribution in [0, 0.1) is 0 Å². The van der Waals surface area contributed by atoms with Crippen molar-refractivity contribution in [3.63, 3.8) is 0 Å². The van der Waals surface area contributed by atoms with E-state index in [0.29, 0.717) is 5.92 Å². The van der Waals surface area contributed by atoms with Gasteiger partial charge in [0.15, 0.2) is 0 Å². The van der Waals surface area contributed by atoms with E-state index in [1.165, 1.54) is 16.8 Å². The van der Waals surface area contributed by atoms with E-state index >= 15 is 0 Å². The second-order valence-electron chi connectivity index (χ2n) is 5.74. The van der Waals surface area contributed by atoms with Crippen LogP contribution in [-0.4, -0.2) is 17.1 Å². The van der Waals surface area contributed by atoms with Crippen molar-refractivity contribution in [2.75, 3.05) is 0 Å². The highest BCUT2D eigenvalue weighted by Crippen LogP contribution is 2.38. The zero-order valence-corrected chi connectivity index (χ0v) is 11.3. The Morgan fingerprint density at radius 3 is 2.90 bits per heavy atom. The molecule has 0 amide bonds. The molecule has 0 fully saturated rings. The molecule has 0 radical (unpaired) electrons. The Labute approximate surface area is 118 Å². The minimum Gasteiger partial charge on any atom is -0.488 e.